The molecule has 0 aromatic heterocycles. The van der Waals surface area contributed by atoms with Crippen LogP contribution in [0.5, 0.6) is 0 Å². The normalized spacial score (nSPS) is 20.3. The molecule has 2 rings (SSSR count). The van der Waals surface area contributed by atoms with Crippen molar-refractivity contribution in [2.75, 3.05) is 13.2 Å². The molecule has 1 fully saturated rings. The molecule has 1 saturated heterocycles. The highest BCUT2D eigenvalue weighted by atomic mass is 16.5. The highest BCUT2D eigenvalue weighted by Crippen LogP contribution is 2.22. The summed E-state index contributed by atoms with van der Waals surface area (Å²) in [6, 6.07) is 8.69. The van der Waals surface area contributed by atoms with Crippen LogP contribution in [0.4, 0.5) is 0 Å². The average molecular weight is 317 g/mol. The van der Waals surface area contributed by atoms with Gasteiger partial charge in [0.2, 0.25) is 5.91 Å². The number of hydrogen-bond donors (Lipinski definition) is 2. The van der Waals surface area contributed by atoms with E-state index < -0.39 is 12.0 Å². The minimum Gasteiger partial charge on any atom is -0.480 e. The molecule has 3 unspecified atom stereocenters. The molecule has 1 aromatic rings. The molecule has 0 bridgehead atoms. The van der Waals surface area contributed by atoms with Gasteiger partial charge in [-0.15, -0.1) is 6.58 Å². The Bertz CT molecular complexity index is 537. The van der Waals surface area contributed by atoms with Gasteiger partial charge in [-0.05, 0) is 18.4 Å². The first-order chi connectivity index (χ1) is 11.1. The zero-order valence-corrected chi connectivity index (χ0v) is 13.1. The molecule has 23 heavy (non-hydrogen) atoms. The number of carboxylic acids is 1. The van der Waals surface area contributed by atoms with Crippen molar-refractivity contribution in [3.05, 3.63) is 48.6 Å². The topological polar surface area (TPSA) is 75.6 Å². The first kappa shape index (κ1) is 17.2. The Balaban J connectivity index is 1.98. The average Bonchev–Trinajstić information content (AvgIpc) is 2.59. The number of allylic oxidation sites excluding steroid dienone is 1. The number of nitrogens with one attached hydrogen (secondary N) is 1. The van der Waals surface area contributed by atoms with Gasteiger partial charge in [0.25, 0.3) is 0 Å². The Morgan fingerprint density at radius 2 is 2.13 bits per heavy atom. The van der Waals surface area contributed by atoms with Crippen LogP contribution in [0.15, 0.2) is 43.0 Å². The van der Waals surface area contributed by atoms with Gasteiger partial charge in [0, 0.05) is 24.9 Å². The Morgan fingerprint density at radius 1 is 1.39 bits per heavy atom. The number of carbonyl (C=O) groups is 2. The standard InChI is InChI=1S/C18H23NO4/c1-2-13(14-7-4-3-5-8-14)11-16(20)19-17(18(21)22)15-9-6-10-23-12-15/h2-5,7-8,13,15,17H,1,6,9-12H2,(H,19,20)(H,21,22). The number of carbonyl (C=O) groups excluding carboxylic acids is 1. The van der Waals surface area contributed by atoms with Crippen LogP contribution in [0.3, 0.4) is 0 Å². The van der Waals surface area contributed by atoms with E-state index in [0.29, 0.717) is 13.2 Å². The number of hydrogen-bond acceptors (Lipinski definition) is 3. The molecular weight excluding hydrogens is 294 g/mol. The maximum atomic E-state index is 12.3. The van der Waals surface area contributed by atoms with Crippen molar-refractivity contribution < 1.29 is 19.4 Å². The highest BCUT2D eigenvalue weighted by molar-refractivity contribution is 5.84. The SMILES string of the molecule is C=CC(CC(=O)NC(C(=O)O)C1CCCOC1)c1ccccc1. The number of carboxylic acid groups (broad SMARTS) is 1. The molecule has 0 spiro atoms. The van der Waals surface area contributed by atoms with Crippen LogP contribution in [-0.4, -0.2) is 36.2 Å². The molecule has 1 aliphatic rings. The first-order valence-corrected chi connectivity index (χ1v) is 7.89. The molecule has 124 valence electrons. The predicted molar refractivity (Wildman–Crippen MR) is 87.1 cm³/mol. The summed E-state index contributed by atoms with van der Waals surface area (Å²) >= 11 is 0. The summed E-state index contributed by atoms with van der Waals surface area (Å²) < 4.78 is 5.34. The summed E-state index contributed by atoms with van der Waals surface area (Å²) in [7, 11) is 0. The molecule has 1 amide bonds. The lowest BCUT2D eigenvalue weighted by Crippen LogP contribution is -2.48. The zero-order chi connectivity index (χ0) is 16.7. The predicted octanol–water partition coefficient (Wildman–Crippen LogP) is 2.34. The lowest BCUT2D eigenvalue weighted by atomic mass is 9.92. The molecule has 0 radical (unpaired) electrons. The van der Waals surface area contributed by atoms with Gasteiger partial charge < -0.3 is 15.2 Å². The van der Waals surface area contributed by atoms with Gasteiger partial charge in [0.05, 0.1) is 6.61 Å². The summed E-state index contributed by atoms with van der Waals surface area (Å²) in [5.74, 6) is -1.60. The van der Waals surface area contributed by atoms with E-state index in [-0.39, 0.29) is 24.2 Å². The van der Waals surface area contributed by atoms with Crippen molar-refractivity contribution in [3.8, 4) is 0 Å². The number of benzene rings is 1. The Kier molecular flexibility index (Phi) is 6.35. The van der Waals surface area contributed by atoms with E-state index in [4.69, 9.17) is 4.74 Å². The van der Waals surface area contributed by atoms with Gasteiger partial charge in [-0.1, -0.05) is 36.4 Å². The number of ether oxygens (including phenoxy) is 1. The fourth-order valence-corrected chi connectivity index (χ4v) is 2.88. The van der Waals surface area contributed by atoms with Gasteiger partial charge in [-0.2, -0.15) is 0 Å². The molecule has 1 aliphatic heterocycles. The van der Waals surface area contributed by atoms with Crippen molar-refractivity contribution in [2.45, 2.75) is 31.2 Å². The van der Waals surface area contributed by atoms with Crippen LogP contribution in [0.1, 0.15) is 30.7 Å². The van der Waals surface area contributed by atoms with E-state index in [0.717, 1.165) is 18.4 Å². The van der Waals surface area contributed by atoms with E-state index in [9.17, 15) is 14.7 Å². The van der Waals surface area contributed by atoms with E-state index in [1.165, 1.54) is 0 Å². The quantitative estimate of drug-likeness (QED) is 0.757. The summed E-state index contributed by atoms with van der Waals surface area (Å²) in [6.07, 6.45) is 3.48. The molecule has 5 heteroatoms. The lowest BCUT2D eigenvalue weighted by molar-refractivity contribution is -0.145. The summed E-state index contributed by atoms with van der Waals surface area (Å²) in [6.45, 7) is 4.81. The molecule has 0 aliphatic carbocycles. The molecular formula is C18H23NO4. The minimum absolute atomic E-state index is 0.131. The summed E-state index contributed by atoms with van der Waals surface area (Å²) in [4.78, 5) is 23.7. The Labute approximate surface area is 136 Å². The summed E-state index contributed by atoms with van der Waals surface area (Å²) in [5.41, 5.74) is 0.991. The van der Waals surface area contributed by atoms with E-state index >= 15 is 0 Å². The molecule has 1 aromatic carbocycles. The van der Waals surface area contributed by atoms with Crippen LogP contribution in [0, 0.1) is 5.92 Å². The maximum Gasteiger partial charge on any atom is 0.326 e. The van der Waals surface area contributed by atoms with E-state index in [2.05, 4.69) is 11.9 Å². The van der Waals surface area contributed by atoms with Gasteiger partial charge in [0.15, 0.2) is 0 Å². The van der Waals surface area contributed by atoms with E-state index in [1.54, 1.807) is 6.08 Å². The third kappa shape index (κ3) is 4.93. The second kappa shape index (κ2) is 8.48. The van der Waals surface area contributed by atoms with E-state index in [1.807, 2.05) is 30.3 Å². The van der Waals surface area contributed by atoms with Crippen LogP contribution >= 0.6 is 0 Å². The monoisotopic (exact) mass is 317 g/mol. The van der Waals surface area contributed by atoms with Crippen molar-refractivity contribution in [1.82, 2.24) is 5.32 Å². The largest absolute Gasteiger partial charge is 0.480 e. The third-order valence-corrected chi connectivity index (χ3v) is 4.17. The lowest BCUT2D eigenvalue weighted by Gasteiger charge is -2.28. The Hall–Kier alpha value is -2.14. The van der Waals surface area contributed by atoms with Crippen molar-refractivity contribution in [3.63, 3.8) is 0 Å². The second-order valence-corrected chi connectivity index (χ2v) is 5.82. The summed E-state index contributed by atoms with van der Waals surface area (Å²) in [5, 5.41) is 12.0. The number of aliphatic carboxylic acids is 1. The number of amides is 1. The van der Waals surface area contributed by atoms with Gasteiger partial charge in [0.1, 0.15) is 6.04 Å². The molecule has 2 N–H and O–H groups in total. The maximum absolute atomic E-state index is 12.3. The second-order valence-electron chi connectivity index (χ2n) is 5.82. The van der Waals surface area contributed by atoms with Crippen molar-refractivity contribution >= 4 is 11.9 Å². The molecule has 0 saturated carbocycles. The first-order valence-electron chi connectivity index (χ1n) is 7.89. The van der Waals surface area contributed by atoms with Gasteiger partial charge >= 0.3 is 5.97 Å². The van der Waals surface area contributed by atoms with Crippen molar-refractivity contribution in [1.29, 1.82) is 0 Å². The van der Waals surface area contributed by atoms with Crippen LogP contribution < -0.4 is 5.32 Å². The van der Waals surface area contributed by atoms with Gasteiger partial charge in [-0.25, -0.2) is 4.79 Å². The molecule has 1 heterocycles. The molecule has 5 nitrogen and oxygen atoms in total. The minimum atomic E-state index is -1.01. The molecule has 3 atom stereocenters. The van der Waals surface area contributed by atoms with Crippen LogP contribution in [-0.2, 0) is 14.3 Å². The number of rotatable bonds is 7. The van der Waals surface area contributed by atoms with Crippen LogP contribution in [0.25, 0.3) is 0 Å². The highest BCUT2D eigenvalue weighted by Gasteiger charge is 2.31. The Morgan fingerprint density at radius 3 is 2.70 bits per heavy atom. The fraction of sp³-hybridized carbons (Fsp3) is 0.444. The van der Waals surface area contributed by atoms with Crippen LogP contribution in [0.2, 0.25) is 0 Å². The third-order valence-electron chi connectivity index (χ3n) is 4.17. The van der Waals surface area contributed by atoms with Crippen molar-refractivity contribution in [2.24, 2.45) is 5.92 Å². The van der Waals surface area contributed by atoms with Gasteiger partial charge in [-0.3, -0.25) is 4.79 Å². The fourth-order valence-electron chi connectivity index (χ4n) is 2.88. The smallest absolute Gasteiger partial charge is 0.326 e. The zero-order valence-electron chi connectivity index (χ0n) is 13.1.